The number of likely N-dealkylation sites (N-methyl/N-ethyl adjacent to an activating group) is 1. The van der Waals surface area contributed by atoms with Gasteiger partial charge < -0.3 is 10.0 Å². The molecule has 0 radical (unpaired) electrons. The molecule has 1 aliphatic heterocycles. The molecule has 0 amide bonds. The third-order valence-corrected chi connectivity index (χ3v) is 2.78. The number of benzene rings is 1. The van der Waals surface area contributed by atoms with Crippen LogP contribution in [-0.2, 0) is 5.41 Å². The van der Waals surface area contributed by atoms with E-state index >= 15 is 0 Å². The number of likely N-dealkylation sites (tertiary alicyclic amines) is 1. The van der Waals surface area contributed by atoms with Crippen molar-refractivity contribution in [3.8, 4) is 5.75 Å². The lowest BCUT2D eigenvalue weighted by atomic mass is 9.76. The molecular weight excluding hydrogens is 162 g/mol. The van der Waals surface area contributed by atoms with Crippen LogP contribution >= 0.6 is 0 Å². The molecule has 0 aromatic heterocycles. The molecule has 2 heteroatoms. The summed E-state index contributed by atoms with van der Waals surface area (Å²) in [6.07, 6.45) is 0. The smallest absolute Gasteiger partial charge is 0.115 e. The highest BCUT2D eigenvalue weighted by molar-refractivity contribution is 5.34. The van der Waals surface area contributed by atoms with E-state index in [9.17, 15) is 5.11 Å². The maximum Gasteiger partial charge on any atom is 0.115 e. The Morgan fingerprint density at radius 2 is 2.08 bits per heavy atom. The van der Waals surface area contributed by atoms with Gasteiger partial charge in [-0.2, -0.15) is 0 Å². The summed E-state index contributed by atoms with van der Waals surface area (Å²) < 4.78 is 0. The average molecular weight is 177 g/mol. The van der Waals surface area contributed by atoms with Gasteiger partial charge in [-0.25, -0.2) is 0 Å². The van der Waals surface area contributed by atoms with Crippen molar-refractivity contribution < 1.29 is 5.11 Å². The van der Waals surface area contributed by atoms with Crippen LogP contribution in [0.15, 0.2) is 24.3 Å². The second-order valence-electron chi connectivity index (χ2n) is 4.28. The van der Waals surface area contributed by atoms with E-state index in [0.29, 0.717) is 5.75 Å². The molecule has 1 heterocycles. The fraction of sp³-hybridized carbons (Fsp3) is 0.455. The van der Waals surface area contributed by atoms with Crippen LogP contribution in [0.4, 0.5) is 0 Å². The van der Waals surface area contributed by atoms with Crippen LogP contribution in [-0.4, -0.2) is 30.1 Å². The van der Waals surface area contributed by atoms with Gasteiger partial charge in [0.25, 0.3) is 0 Å². The number of rotatable bonds is 1. The normalized spacial score (nSPS) is 21.1. The van der Waals surface area contributed by atoms with Crippen molar-refractivity contribution in [2.24, 2.45) is 0 Å². The van der Waals surface area contributed by atoms with Gasteiger partial charge in [0, 0.05) is 18.5 Å². The molecule has 2 nitrogen and oxygen atoms in total. The summed E-state index contributed by atoms with van der Waals surface area (Å²) >= 11 is 0. The number of aromatic hydroxyl groups is 1. The van der Waals surface area contributed by atoms with Gasteiger partial charge in [-0.15, -0.1) is 0 Å². The van der Waals surface area contributed by atoms with Crippen LogP contribution < -0.4 is 0 Å². The molecule has 0 saturated carbocycles. The van der Waals surface area contributed by atoms with Gasteiger partial charge >= 0.3 is 0 Å². The molecule has 70 valence electrons. The monoisotopic (exact) mass is 177 g/mol. The molecule has 1 fully saturated rings. The van der Waals surface area contributed by atoms with Gasteiger partial charge in [0.05, 0.1) is 0 Å². The molecule has 13 heavy (non-hydrogen) atoms. The number of hydrogen-bond donors (Lipinski definition) is 1. The Kier molecular flexibility index (Phi) is 1.81. The first-order valence-corrected chi connectivity index (χ1v) is 4.58. The number of hydrogen-bond acceptors (Lipinski definition) is 2. The fourth-order valence-corrected chi connectivity index (χ4v) is 2.21. The Bertz CT molecular complexity index is 316. The zero-order chi connectivity index (χ0) is 9.47. The van der Waals surface area contributed by atoms with Gasteiger partial charge in [0.1, 0.15) is 5.75 Å². The molecule has 0 aliphatic carbocycles. The van der Waals surface area contributed by atoms with Gasteiger partial charge in [-0.1, -0.05) is 19.1 Å². The van der Waals surface area contributed by atoms with E-state index < -0.39 is 0 Å². The third-order valence-electron chi connectivity index (χ3n) is 2.78. The van der Waals surface area contributed by atoms with Crippen LogP contribution in [0.25, 0.3) is 0 Å². The first-order chi connectivity index (χ1) is 6.10. The second-order valence-corrected chi connectivity index (χ2v) is 4.28. The topological polar surface area (TPSA) is 23.5 Å². The largest absolute Gasteiger partial charge is 0.508 e. The van der Waals surface area contributed by atoms with Gasteiger partial charge in [-0.3, -0.25) is 0 Å². The predicted molar refractivity (Wildman–Crippen MR) is 53.0 cm³/mol. The Morgan fingerprint density at radius 3 is 2.62 bits per heavy atom. The zero-order valence-electron chi connectivity index (χ0n) is 8.12. The van der Waals surface area contributed by atoms with Crippen molar-refractivity contribution in [1.29, 1.82) is 0 Å². The molecule has 2 rings (SSSR count). The van der Waals surface area contributed by atoms with E-state index in [1.54, 1.807) is 6.07 Å². The van der Waals surface area contributed by atoms with Gasteiger partial charge in [-0.05, 0) is 24.7 Å². The first kappa shape index (κ1) is 8.57. The molecule has 1 N–H and O–H groups in total. The van der Waals surface area contributed by atoms with Crippen LogP contribution in [0.3, 0.4) is 0 Å². The van der Waals surface area contributed by atoms with Crippen LogP contribution in [0, 0.1) is 0 Å². The first-order valence-electron chi connectivity index (χ1n) is 4.58. The minimum atomic E-state index is 0.244. The summed E-state index contributed by atoms with van der Waals surface area (Å²) in [5, 5.41) is 9.35. The van der Waals surface area contributed by atoms with Crippen molar-refractivity contribution >= 4 is 0 Å². The van der Waals surface area contributed by atoms with E-state index in [0.717, 1.165) is 13.1 Å². The highest BCUT2D eigenvalue weighted by Crippen LogP contribution is 2.34. The molecule has 0 bridgehead atoms. The third kappa shape index (κ3) is 1.42. The fourth-order valence-electron chi connectivity index (χ4n) is 2.21. The Morgan fingerprint density at radius 1 is 1.38 bits per heavy atom. The SMILES string of the molecule is CN1CC(C)(c2cccc(O)c2)C1. The molecule has 1 aromatic carbocycles. The molecule has 1 aromatic rings. The maximum atomic E-state index is 9.35. The Balaban J connectivity index is 2.26. The Hall–Kier alpha value is -1.02. The van der Waals surface area contributed by atoms with Crippen molar-refractivity contribution in [2.75, 3.05) is 20.1 Å². The molecular formula is C11H15NO. The van der Waals surface area contributed by atoms with Crippen molar-refractivity contribution in [2.45, 2.75) is 12.3 Å². The average Bonchev–Trinajstić information content (AvgIpc) is 2.02. The standard InChI is InChI=1S/C11H15NO/c1-11(7-12(2)8-11)9-4-3-5-10(13)6-9/h3-6,13H,7-8H2,1-2H3. The molecule has 1 aliphatic rings. The molecule has 1 saturated heterocycles. The summed E-state index contributed by atoms with van der Waals surface area (Å²) in [6.45, 7) is 4.40. The van der Waals surface area contributed by atoms with Crippen molar-refractivity contribution in [3.05, 3.63) is 29.8 Å². The van der Waals surface area contributed by atoms with E-state index in [2.05, 4.69) is 24.9 Å². The maximum absolute atomic E-state index is 9.35. The van der Waals surface area contributed by atoms with Gasteiger partial charge in [0.2, 0.25) is 0 Å². The number of phenols is 1. The van der Waals surface area contributed by atoms with Gasteiger partial charge in [0.15, 0.2) is 0 Å². The number of phenolic OH excluding ortho intramolecular Hbond substituents is 1. The summed E-state index contributed by atoms with van der Waals surface area (Å²) in [4.78, 5) is 2.28. The molecule has 0 unspecified atom stereocenters. The summed E-state index contributed by atoms with van der Waals surface area (Å²) in [6, 6.07) is 7.59. The summed E-state index contributed by atoms with van der Waals surface area (Å²) in [5.74, 6) is 0.369. The minimum absolute atomic E-state index is 0.244. The van der Waals surface area contributed by atoms with Crippen LogP contribution in [0.5, 0.6) is 5.75 Å². The van der Waals surface area contributed by atoms with E-state index in [-0.39, 0.29) is 5.41 Å². The van der Waals surface area contributed by atoms with E-state index in [4.69, 9.17) is 0 Å². The van der Waals surface area contributed by atoms with Crippen LogP contribution in [0.2, 0.25) is 0 Å². The predicted octanol–water partition coefficient (Wildman–Crippen LogP) is 1.60. The van der Waals surface area contributed by atoms with Crippen molar-refractivity contribution in [3.63, 3.8) is 0 Å². The quantitative estimate of drug-likeness (QED) is 0.704. The zero-order valence-corrected chi connectivity index (χ0v) is 8.12. The Labute approximate surface area is 78.8 Å². The highest BCUT2D eigenvalue weighted by Gasteiger charge is 2.37. The number of nitrogens with zero attached hydrogens (tertiary/aromatic N) is 1. The minimum Gasteiger partial charge on any atom is -0.508 e. The highest BCUT2D eigenvalue weighted by atomic mass is 16.3. The lowest BCUT2D eigenvalue weighted by Crippen LogP contribution is -2.55. The lowest BCUT2D eigenvalue weighted by molar-refractivity contribution is 0.109. The lowest BCUT2D eigenvalue weighted by Gasteiger charge is -2.46. The van der Waals surface area contributed by atoms with Crippen molar-refractivity contribution in [1.82, 2.24) is 4.90 Å². The van der Waals surface area contributed by atoms with E-state index in [1.807, 2.05) is 12.1 Å². The second kappa shape index (κ2) is 2.74. The van der Waals surface area contributed by atoms with Crippen LogP contribution in [0.1, 0.15) is 12.5 Å². The summed E-state index contributed by atoms with van der Waals surface area (Å²) in [5.41, 5.74) is 1.48. The molecule has 0 spiro atoms. The van der Waals surface area contributed by atoms with E-state index in [1.165, 1.54) is 5.56 Å². The molecule has 0 atom stereocenters. The summed E-state index contributed by atoms with van der Waals surface area (Å²) in [7, 11) is 2.12.